The normalized spacial score (nSPS) is 22.2. The summed E-state index contributed by atoms with van der Waals surface area (Å²) in [6.07, 6.45) is -3.01. The van der Waals surface area contributed by atoms with Gasteiger partial charge in [-0.15, -0.1) is 5.10 Å². The Kier molecular flexibility index (Phi) is 8.21. The lowest BCUT2D eigenvalue weighted by Gasteiger charge is -2.36. The Labute approximate surface area is 273 Å². The summed E-state index contributed by atoms with van der Waals surface area (Å²) in [7, 11) is 0. The van der Waals surface area contributed by atoms with E-state index in [1.54, 1.807) is 25.1 Å². The van der Waals surface area contributed by atoms with E-state index in [9.17, 15) is 17.6 Å². The molecule has 0 saturated carbocycles. The Bertz CT molecular complexity index is 1780. The standard InChI is InChI=1S/C32H32ClF4N7O3/c1-18-16-44(12-13-45-18)26-15-24(29-38-30(42-41-29)32(35,36)37)39-40-25(26)17-43-10-8-19(9-11-43)21-4-3-5-27-28(21)47-31(2,46-27)22-7-6-20(33)14-23(22)34/h3-7,14-15,18-19H,8-13,16-17H2,1-2H3,(H,38,41,42)/t18-,31+/m1/s1. The van der Waals surface area contributed by atoms with E-state index in [4.69, 9.17) is 25.8 Å². The maximum Gasteiger partial charge on any atom is 0.451 e. The first-order valence-electron chi connectivity index (χ1n) is 15.4. The molecule has 2 aromatic heterocycles. The number of piperidine rings is 1. The van der Waals surface area contributed by atoms with Gasteiger partial charge in [-0.25, -0.2) is 9.37 Å². The smallest absolute Gasteiger partial charge is 0.444 e. The number of aromatic nitrogens is 5. The van der Waals surface area contributed by atoms with Crippen molar-refractivity contribution in [1.29, 1.82) is 0 Å². The van der Waals surface area contributed by atoms with E-state index in [1.165, 1.54) is 6.07 Å². The first kappa shape index (κ1) is 31.6. The van der Waals surface area contributed by atoms with Gasteiger partial charge in [-0.1, -0.05) is 23.7 Å². The molecule has 5 heterocycles. The van der Waals surface area contributed by atoms with Gasteiger partial charge < -0.3 is 19.1 Å². The lowest BCUT2D eigenvalue weighted by molar-refractivity contribution is -0.144. The zero-order valence-corrected chi connectivity index (χ0v) is 26.4. The van der Waals surface area contributed by atoms with Crippen molar-refractivity contribution in [2.24, 2.45) is 0 Å². The SMILES string of the molecule is C[C@@H]1CN(c2cc(-c3n[nH]c(C(F)(F)F)n3)nnc2CN2CCC(c3cccc4c3O[C@@](C)(c3ccc(Cl)cc3F)O4)CC2)CCO1. The van der Waals surface area contributed by atoms with Crippen LogP contribution in [0.25, 0.3) is 11.5 Å². The summed E-state index contributed by atoms with van der Waals surface area (Å²) in [5.41, 5.74) is 2.91. The van der Waals surface area contributed by atoms with Crippen molar-refractivity contribution in [3.63, 3.8) is 0 Å². The number of anilines is 1. The number of benzene rings is 2. The van der Waals surface area contributed by atoms with Crippen LogP contribution in [0.15, 0.2) is 42.5 Å². The van der Waals surface area contributed by atoms with Gasteiger partial charge in [-0.05, 0) is 69.1 Å². The van der Waals surface area contributed by atoms with Gasteiger partial charge in [0.1, 0.15) is 17.2 Å². The fraction of sp³-hybridized carbons (Fsp3) is 0.438. The Balaban J connectivity index is 1.08. The first-order valence-corrected chi connectivity index (χ1v) is 15.8. The largest absolute Gasteiger partial charge is 0.451 e. The molecule has 0 bridgehead atoms. The molecule has 0 radical (unpaired) electrons. The van der Waals surface area contributed by atoms with Gasteiger partial charge in [0.2, 0.25) is 11.6 Å². The second-order valence-electron chi connectivity index (χ2n) is 12.2. The quantitative estimate of drug-likeness (QED) is 0.236. The number of halogens is 5. The second kappa shape index (κ2) is 12.2. The molecule has 1 N–H and O–H groups in total. The van der Waals surface area contributed by atoms with E-state index >= 15 is 0 Å². The van der Waals surface area contributed by atoms with Crippen molar-refractivity contribution in [2.45, 2.75) is 57.2 Å². The number of para-hydroxylation sites is 1. The van der Waals surface area contributed by atoms with Crippen molar-refractivity contribution in [3.8, 4) is 23.0 Å². The molecule has 0 unspecified atom stereocenters. The van der Waals surface area contributed by atoms with Crippen LogP contribution in [0.4, 0.5) is 23.2 Å². The van der Waals surface area contributed by atoms with Gasteiger partial charge in [0.05, 0.1) is 24.0 Å². The molecule has 47 heavy (non-hydrogen) atoms. The summed E-state index contributed by atoms with van der Waals surface area (Å²) in [6, 6.07) is 11.9. The molecule has 0 spiro atoms. The number of nitrogens with one attached hydrogen (secondary N) is 1. The summed E-state index contributed by atoms with van der Waals surface area (Å²) >= 11 is 5.97. The van der Waals surface area contributed by atoms with Crippen LogP contribution < -0.4 is 14.4 Å². The molecule has 248 valence electrons. The Morgan fingerprint density at radius 1 is 1.06 bits per heavy atom. The molecule has 2 saturated heterocycles. The molecule has 15 heteroatoms. The van der Waals surface area contributed by atoms with Crippen molar-refractivity contribution < 1.29 is 31.8 Å². The Morgan fingerprint density at radius 3 is 2.60 bits per heavy atom. The maximum absolute atomic E-state index is 14.8. The van der Waals surface area contributed by atoms with E-state index in [2.05, 4.69) is 30.1 Å². The van der Waals surface area contributed by atoms with Crippen LogP contribution in [-0.4, -0.2) is 69.2 Å². The number of likely N-dealkylation sites (tertiary alicyclic amines) is 1. The molecule has 7 rings (SSSR count). The molecule has 3 aliphatic rings. The number of nitrogens with zero attached hydrogens (tertiary/aromatic N) is 6. The molecule has 3 aliphatic heterocycles. The van der Waals surface area contributed by atoms with Gasteiger partial charge in [0.25, 0.3) is 5.79 Å². The zero-order chi connectivity index (χ0) is 32.9. The van der Waals surface area contributed by atoms with Crippen molar-refractivity contribution >= 4 is 17.3 Å². The minimum absolute atomic E-state index is 0.0267. The van der Waals surface area contributed by atoms with E-state index in [-0.39, 0.29) is 29.1 Å². The lowest BCUT2D eigenvalue weighted by atomic mass is 9.88. The molecule has 0 amide bonds. The highest BCUT2D eigenvalue weighted by Crippen LogP contribution is 2.50. The van der Waals surface area contributed by atoms with Gasteiger partial charge in [0.15, 0.2) is 11.5 Å². The number of rotatable bonds is 6. The predicted octanol–water partition coefficient (Wildman–Crippen LogP) is 6.32. The molecule has 10 nitrogen and oxygen atoms in total. The number of hydrogen-bond acceptors (Lipinski definition) is 9. The Hall–Kier alpha value is -4.01. The fourth-order valence-electron chi connectivity index (χ4n) is 6.49. The monoisotopic (exact) mass is 673 g/mol. The van der Waals surface area contributed by atoms with Crippen LogP contribution in [0.5, 0.6) is 11.5 Å². The minimum Gasteiger partial charge on any atom is -0.444 e. The predicted molar refractivity (Wildman–Crippen MR) is 164 cm³/mol. The number of alkyl halides is 3. The van der Waals surface area contributed by atoms with Gasteiger partial charge in [-0.3, -0.25) is 10.00 Å². The van der Waals surface area contributed by atoms with Gasteiger partial charge >= 0.3 is 6.18 Å². The average molecular weight is 674 g/mol. The number of H-pyrrole nitrogens is 1. The number of aromatic amines is 1. The van der Waals surface area contributed by atoms with Crippen molar-refractivity contribution in [2.75, 3.05) is 37.7 Å². The molecule has 4 aromatic rings. The van der Waals surface area contributed by atoms with Crippen LogP contribution in [0.2, 0.25) is 5.02 Å². The van der Waals surface area contributed by atoms with Crippen LogP contribution >= 0.6 is 11.6 Å². The summed E-state index contributed by atoms with van der Waals surface area (Å²) in [5.74, 6) is -1.82. The third kappa shape index (κ3) is 6.33. The first-order chi connectivity index (χ1) is 22.5. The van der Waals surface area contributed by atoms with Crippen molar-refractivity contribution in [1.82, 2.24) is 30.3 Å². The Morgan fingerprint density at radius 2 is 1.87 bits per heavy atom. The minimum atomic E-state index is -4.65. The summed E-state index contributed by atoms with van der Waals surface area (Å²) in [5, 5.41) is 14.7. The van der Waals surface area contributed by atoms with Crippen LogP contribution in [0, 0.1) is 5.82 Å². The lowest BCUT2D eigenvalue weighted by Crippen LogP contribution is -2.42. The molecule has 2 atom stereocenters. The summed E-state index contributed by atoms with van der Waals surface area (Å²) in [6.45, 7) is 7.41. The summed E-state index contributed by atoms with van der Waals surface area (Å²) in [4.78, 5) is 8.01. The van der Waals surface area contributed by atoms with Gasteiger partial charge in [-0.2, -0.15) is 23.4 Å². The van der Waals surface area contributed by atoms with Crippen LogP contribution in [-0.2, 0) is 23.2 Å². The third-order valence-electron chi connectivity index (χ3n) is 8.84. The van der Waals surface area contributed by atoms with E-state index in [0.29, 0.717) is 48.5 Å². The van der Waals surface area contributed by atoms with Crippen LogP contribution in [0.3, 0.4) is 0 Å². The summed E-state index contributed by atoms with van der Waals surface area (Å²) < 4.78 is 72.5. The molecular formula is C32H32ClF4N7O3. The van der Waals surface area contributed by atoms with Gasteiger partial charge in [0, 0.05) is 37.1 Å². The number of ether oxygens (including phenoxy) is 3. The second-order valence-corrected chi connectivity index (χ2v) is 12.6. The average Bonchev–Trinajstić information content (AvgIpc) is 3.67. The zero-order valence-electron chi connectivity index (χ0n) is 25.7. The van der Waals surface area contributed by atoms with Crippen molar-refractivity contribution in [3.05, 3.63) is 75.9 Å². The number of hydrogen-bond donors (Lipinski definition) is 1. The topological polar surface area (TPSA) is 102 Å². The fourth-order valence-corrected chi connectivity index (χ4v) is 6.65. The van der Waals surface area contributed by atoms with E-state index in [0.717, 1.165) is 37.2 Å². The third-order valence-corrected chi connectivity index (χ3v) is 9.08. The molecule has 0 aliphatic carbocycles. The van der Waals surface area contributed by atoms with E-state index < -0.39 is 23.6 Å². The molecule has 2 aromatic carbocycles. The maximum atomic E-state index is 14.8. The molecular weight excluding hydrogens is 642 g/mol. The molecule has 2 fully saturated rings. The highest BCUT2D eigenvalue weighted by atomic mass is 35.5. The highest BCUT2D eigenvalue weighted by Gasteiger charge is 2.43. The van der Waals surface area contributed by atoms with E-state index in [1.807, 2.05) is 30.2 Å². The number of fused-ring (bicyclic) bond motifs is 1. The van der Waals surface area contributed by atoms with Crippen LogP contribution in [0.1, 0.15) is 55.3 Å². The highest BCUT2D eigenvalue weighted by molar-refractivity contribution is 6.30. The number of morpholine rings is 1.